The molecule has 28 heavy (non-hydrogen) atoms. The van der Waals surface area contributed by atoms with Crippen LogP contribution in [0, 0.1) is 5.82 Å². The lowest BCUT2D eigenvalue weighted by Gasteiger charge is -2.35. The topological polar surface area (TPSA) is 69.7 Å². The molecule has 1 amide bonds. The van der Waals surface area contributed by atoms with Crippen LogP contribution in [-0.2, 0) is 10.0 Å². The number of hydrogen-bond donors (Lipinski definition) is 1. The summed E-state index contributed by atoms with van der Waals surface area (Å²) in [7, 11) is -3.50. The standard InChI is InChI=1S/C19H21BrFN3O3S/c20-16-6-2-1-5-15(16)19(25)22-9-14-28(26,27)24-12-10-23(11-13-24)18-8-4-3-7-17(18)21/h1-8H,9-14H2,(H,22,25). The summed E-state index contributed by atoms with van der Waals surface area (Å²) in [6.45, 7) is 1.44. The molecule has 2 aromatic rings. The number of carbonyl (C=O) groups excluding carboxylic acids is 1. The van der Waals surface area contributed by atoms with Crippen molar-refractivity contribution in [1.82, 2.24) is 9.62 Å². The van der Waals surface area contributed by atoms with Gasteiger partial charge in [-0.2, -0.15) is 4.31 Å². The normalized spacial score (nSPS) is 15.4. The molecule has 2 aromatic carbocycles. The number of anilines is 1. The van der Waals surface area contributed by atoms with Gasteiger partial charge in [-0.25, -0.2) is 12.8 Å². The van der Waals surface area contributed by atoms with Gasteiger partial charge in [0.15, 0.2) is 0 Å². The highest BCUT2D eigenvalue weighted by Crippen LogP contribution is 2.21. The monoisotopic (exact) mass is 469 g/mol. The number of hydrogen-bond acceptors (Lipinski definition) is 4. The Labute approximate surface area is 172 Å². The molecule has 1 heterocycles. The Hall–Kier alpha value is -1.97. The lowest BCUT2D eigenvalue weighted by atomic mass is 10.2. The number of sulfonamides is 1. The number of nitrogens with zero attached hydrogens (tertiary/aromatic N) is 2. The first-order chi connectivity index (χ1) is 13.4. The second-order valence-electron chi connectivity index (χ2n) is 6.39. The molecule has 0 atom stereocenters. The Kier molecular flexibility index (Phi) is 6.69. The first-order valence-corrected chi connectivity index (χ1v) is 11.3. The molecule has 1 saturated heterocycles. The van der Waals surface area contributed by atoms with Crippen molar-refractivity contribution >= 4 is 37.5 Å². The van der Waals surface area contributed by atoms with Gasteiger partial charge in [-0.15, -0.1) is 0 Å². The molecule has 1 aliphatic heterocycles. The van der Waals surface area contributed by atoms with E-state index < -0.39 is 10.0 Å². The Morgan fingerprint density at radius 1 is 1.04 bits per heavy atom. The van der Waals surface area contributed by atoms with Gasteiger partial charge in [-0.05, 0) is 40.2 Å². The number of carbonyl (C=O) groups is 1. The van der Waals surface area contributed by atoms with E-state index >= 15 is 0 Å². The molecule has 0 radical (unpaired) electrons. The fourth-order valence-corrected chi connectivity index (χ4v) is 4.88. The van der Waals surface area contributed by atoms with Crippen LogP contribution in [0.5, 0.6) is 0 Å². The van der Waals surface area contributed by atoms with Gasteiger partial charge >= 0.3 is 0 Å². The van der Waals surface area contributed by atoms with Crippen molar-refractivity contribution in [3.05, 3.63) is 64.4 Å². The molecule has 1 fully saturated rings. The molecule has 3 rings (SSSR count). The van der Waals surface area contributed by atoms with E-state index in [0.29, 0.717) is 28.8 Å². The fraction of sp³-hybridized carbons (Fsp3) is 0.316. The third kappa shape index (κ3) is 4.89. The van der Waals surface area contributed by atoms with E-state index in [4.69, 9.17) is 0 Å². The van der Waals surface area contributed by atoms with Crippen LogP contribution >= 0.6 is 15.9 Å². The number of halogens is 2. The third-order valence-corrected chi connectivity index (χ3v) is 7.15. The minimum Gasteiger partial charge on any atom is -0.367 e. The Morgan fingerprint density at radius 3 is 2.36 bits per heavy atom. The molecular weight excluding hydrogens is 449 g/mol. The molecule has 150 valence electrons. The van der Waals surface area contributed by atoms with Gasteiger partial charge in [0.2, 0.25) is 10.0 Å². The molecule has 6 nitrogen and oxygen atoms in total. The summed E-state index contributed by atoms with van der Waals surface area (Å²) in [4.78, 5) is 14.0. The van der Waals surface area contributed by atoms with Gasteiger partial charge in [0, 0.05) is 37.2 Å². The van der Waals surface area contributed by atoms with Crippen molar-refractivity contribution in [2.24, 2.45) is 0 Å². The molecule has 0 spiro atoms. The summed E-state index contributed by atoms with van der Waals surface area (Å²) in [5, 5.41) is 2.64. The number of rotatable bonds is 6. The van der Waals surface area contributed by atoms with Crippen LogP contribution in [0.1, 0.15) is 10.4 Å². The lowest BCUT2D eigenvalue weighted by molar-refractivity contribution is 0.0955. The maximum atomic E-state index is 13.9. The highest BCUT2D eigenvalue weighted by molar-refractivity contribution is 9.10. The zero-order chi connectivity index (χ0) is 20.1. The molecule has 1 aliphatic rings. The summed E-state index contributed by atoms with van der Waals surface area (Å²) in [5.41, 5.74) is 0.943. The van der Waals surface area contributed by atoms with Gasteiger partial charge in [-0.3, -0.25) is 4.79 Å². The highest BCUT2D eigenvalue weighted by Gasteiger charge is 2.27. The molecule has 9 heteroatoms. The minimum atomic E-state index is -3.50. The van der Waals surface area contributed by atoms with Crippen LogP contribution in [-0.4, -0.2) is 57.1 Å². The van der Waals surface area contributed by atoms with E-state index in [2.05, 4.69) is 21.2 Å². The second-order valence-corrected chi connectivity index (χ2v) is 9.33. The minimum absolute atomic E-state index is 0.0238. The molecule has 0 saturated carbocycles. The lowest BCUT2D eigenvalue weighted by Crippen LogP contribution is -2.50. The molecule has 1 N–H and O–H groups in total. The molecule has 0 aliphatic carbocycles. The van der Waals surface area contributed by atoms with Crippen molar-refractivity contribution < 1.29 is 17.6 Å². The number of nitrogens with one attached hydrogen (secondary N) is 1. The zero-order valence-electron chi connectivity index (χ0n) is 15.1. The van der Waals surface area contributed by atoms with Crippen LogP contribution in [0.15, 0.2) is 53.0 Å². The van der Waals surface area contributed by atoms with E-state index in [0.717, 1.165) is 0 Å². The summed E-state index contributed by atoms with van der Waals surface area (Å²) in [5.74, 6) is -0.816. The van der Waals surface area contributed by atoms with Crippen LogP contribution in [0.25, 0.3) is 0 Å². The maximum Gasteiger partial charge on any atom is 0.252 e. The van der Waals surface area contributed by atoms with Crippen molar-refractivity contribution in [2.75, 3.05) is 43.4 Å². The van der Waals surface area contributed by atoms with Gasteiger partial charge < -0.3 is 10.2 Å². The Bertz CT molecular complexity index is 947. The van der Waals surface area contributed by atoms with Gasteiger partial charge in [0.1, 0.15) is 5.82 Å². The predicted molar refractivity (Wildman–Crippen MR) is 110 cm³/mol. The first kappa shape index (κ1) is 20.8. The van der Waals surface area contributed by atoms with Crippen molar-refractivity contribution in [3.63, 3.8) is 0 Å². The van der Waals surface area contributed by atoms with Crippen LogP contribution in [0.4, 0.5) is 10.1 Å². The van der Waals surface area contributed by atoms with Crippen molar-refractivity contribution in [1.29, 1.82) is 0 Å². The number of benzene rings is 2. The van der Waals surface area contributed by atoms with E-state index in [9.17, 15) is 17.6 Å². The number of para-hydroxylation sites is 1. The SMILES string of the molecule is O=C(NCCS(=O)(=O)N1CCN(c2ccccc2F)CC1)c1ccccc1Br. The maximum absolute atomic E-state index is 13.9. The van der Waals surface area contributed by atoms with E-state index in [-0.39, 0.29) is 37.1 Å². The number of amides is 1. The Morgan fingerprint density at radius 2 is 1.68 bits per heavy atom. The summed E-state index contributed by atoms with van der Waals surface area (Å²) >= 11 is 3.30. The van der Waals surface area contributed by atoms with Crippen LogP contribution in [0.2, 0.25) is 0 Å². The average Bonchev–Trinajstić information content (AvgIpc) is 2.68. The van der Waals surface area contributed by atoms with Crippen molar-refractivity contribution in [3.8, 4) is 0 Å². The van der Waals surface area contributed by atoms with Gasteiger partial charge in [0.05, 0.1) is 17.0 Å². The molecule has 0 bridgehead atoms. The summed E-state index contributed by atoms with van der Waals surface area (Å²) in [6, 6.07) is 13.4. The Balaban J connectivity index is 1.51. The van der Waals surface area contributed by atoms with E-state index in [1.54, 1.807) is 42.5 Å². The molecular formula is C19H21BrFN3O3S. The summed E-state index contributed by atoms with van der Waals surface area (Å²) in [6.07, 6.45) is 0. The van der Waals surface area contributed by atoms with Crippen molar-refractivity contribution in [2.45, 2.75) is 0 Å². The van der Waals surface area contributed by atoms with Gasteiger partial charge in [0.25, 0.3) is 5.91 Å². The van der Waals surface area contributed by atoms with Crippen LogP contribution < -0.4 is 10.2 Å². The van der Waals surface area contributed by atoms with Crippen LogP contribution in [0.3, 0.4) is 0 Å². The second kappa shape index (κ2) is 9.02. The molecule has 0 unspecified atom stereocenters. The smallest absolute Gasteiger partial charge is 0.252 e. The average molecular weight is 470 g/mol. The highest BCUT2D eigenvalue weighted by atomic mass is 79.9. The third-order valence-electron chi connectivity index (χ3n) is 4.59. The summed E-state index contributed by atoms with van der Waals surface area (Å²) < 4.78 is 41.1. The first-order valence-electron chi connectivity index (χ1n) is 8.88. The van der Waals surface area contributed by atoms with E-state index in [1.807, 2.05) is 4.90 Å². The predicted octanol–water partition coefficient (Wildman–Crippen LogP) is 2.47. The quantitative estimate of drug-likeness (QED) is 0.705. The van der Waals surface area contributed by atoms with Gasteiger partial charge in [-0.1, -0.05) is 24.3 Å². The number of piperazine rings is 1. The largest absolute Gasteiger partial charge is 0.367 e. The van der Waals surface area contributed by atoms with E-state index in [1.165, 1.54) is 10.4 Å². The zero-order valence-corrected chi connectivity index (χ0v) is 17.5. The fourth-order valence-electron chi connectivity index (χ4n) is 3.08. The molecule has 0 aromatic heterocycles.